The normalized spacial score (nSPS) is 35.3. The Kier molecular flexibility index (Phi) is 4.41. The van der Waals surface area contributed by atoms with Crippen LogP contribution in [0.4, 0.5) is 0 Å². The molecule has 0 saturated heterocycles. The minimum atomic E-state index is -1.33. The molecular formula is C12H20N2O5. The average molecular weight is 272 g/mol. The summed E-state index contributed by atoms with van der Waals surface area (Å²) in [6.07, 6.45) is -1.71. The number of ether oxygens (including phenoxy) is 1. The van der Waals surface area contributed by atoms with Gasteiger partial charge in [0, 0.05) is 24.3 Å². The number of nitrogens with zero attached hydrogens (tertiary/aromatic N) is 1. The van der Waals surface area contributed by atoms with Crippen LogP contribution in [0.25, 0.3) is 0 Å². The van der Waals surface area contributed by atoms with E-state index in [2.05, 4.69) is 10.2 Å². The average Bonchev–Trinajstić information content (AvgIpc) is 2.86. The Labute approximate surface area is 110 Å². The monoisotopic (exact) mass is 272 g/mol. The van der Waals surface area contributed by atoms with Crippen LogP contribution in [0, 0.1) is 5.92 Å². The van der Waals surface area contributed by atoms with Gasteiger partial charge < -0.3 is 25.2 Å². The van der Waals surface area contributed by atoms with Gasteiger partial charge in [0.1, 0.15) is 18.3 Å². The highest BCUT2D eigenvalue weighted by atomic mass is 16.5. The van der Waals surface area contributed by atoms with E-state index in [1.54, 1.807) is 6.20 Å². The fourth-order valence-electron chi connectivity index (χ4n) is 2.38. The van der Waals surface area contributed by atoms with Crippen molar-refractivity contribution in [3.05, 3.63) is 11.8 Å². The molecule has 108 valence electrons. The van der Waals surface area contributed by atoms with Gasteiger partial charge in [-0.05, 0) is 12.8 Å². The number of aliphatic hydroxyl groups excluding tert-OH is 4. The number of H-pyrrole nitrogens is 1. The molecule has 1 aliphatic rings. The van der Waals surface area contributed by atoms with E-state index in [9.17, 15) is 20.4 Å². The van der Waals surface area contributed by atoms with Crippen molar-refractivity contribution in [2.24, 2.45) is 5.92 Å². The van der Waals surface area contributed by atoms with Gasteiger partial charge in [-0.25, -0.2) is 0 Å². The van der Waals surface area contributed by atoms with Crippen LogP contribution in [-0.2, 0) is 6.42 Å². The second-order valence-electron chi connectivity index (χ2n) is 4.88. The maximum atomic E-state index is 9.93. The molecule has 1 saturated carbocycles. The van der Waals surface area contributed by atoms with E-state index < -0.39 is 30.3 Å². The van der Waals surface area contributed by atoms with Crippen molar-refractivity contribution in [2.75, 3.05) is 6.61 Å². The van der Waals surface area contributed by atoms with Crippen LogP contribution < -0.4 is 4.74 Å². The highest BCUT2D eigenvalue weighted by Crippen LogP contribution is 2.29. The Morgan fingerprint density at radius 1 is 1.32 bits per heavy atom. The van der Waals surface area contributed by atoms with Gasteiger partial charge in [-0.1, -0.05) is 6.92 Å². The number of nitrogens with one attached hydrogen (secondary N) is 1. The molecule has 0 aromatic carbocycles. The van der Waals surface area contributed by atoms with Gasteiger partial charge in [0.15, 0.2) is 0 Å². The second kappa shape index (κ2) is 5.87. The molecule has 0 radical (unpaired) electrons. The van der Waals surface area contributed by atoms with Crippen molar-refractivity contribution < 1.29 is 25.2 Å². The van der Waals surface area contributed by atoms with E-state index in [1.807, 2.05) is 6.92 Å². The summed E-state index contributed by atoms with van der Waals surface area (Å²) in [6, 6.07) is 0. The van der Waals surface area contributed by atoms with E-state index >= 15 is 0 Å². The van der Waals surface area contributed by atoms with Crippen LogP contribution in [0.1, 0.15) is 18.9 Å². The first kappa shape index (κ1) is 14.3. The van der Waals surface area contributed by atoms with Crippen LogP contribution in [0.15, 0.2) is 6.20 Å². The summed E-state index contributed by atoms with van der Waals surface area (Å²) in [5, 5.41) is 45.2. The number of aromatic nitrogens is 2. The first-order valence-corrected chi connectivity index (χ1v) is 6.42. The predicted molar refractivity (Wildman–Crippen MR) is 65.6 cm³/mol. The summed E-state index contributed by atoms with van der Waals surface area (Å²) in [6.45, 7) is 1.68. The molecule has 5 atom stereocenters. The van der Waals surface area contributed by atoms with Crippen molar-refractivity contribution in [3.8, 4) is 5.88 Å². The van der Waals surface area contributed by atoms with Gasteiger partial charge in [-0.2, -0.15) is 0 Å². The predicted octanol–water partition coefficient (Wildman–Crippen LogP) is -1.19. The third kappa shape index (κ3) is 2.74. The summed E-state index contributed by atoms with van der Waals surface area (Å²) in [5.41, 5.74) is 0.869. The maximum absolute atomic E-state index is 9.93. The zero-order valence-electron chi connectivity index (χ0n) is 10.7. The third-order valence-electron chi connectivity index (χ3n) is 3.66. The molecule has 0 unspecified atom stereocenters. The van der Waals surface area contributed by atoms with Crippen LogP contribution in [0.3, 0.4) is 0 Å². The standard InChI is InChI=1S/C12H20N2O5/c1-2-6-4-13-14-12(6)19-8-3-7(5-15)9(16)11(18)10(8)17/h4,7-11,15-18H,2-3,5H2,1H3,(H,13,14)/t7-,8-,9-,10+,11+/m1/s1. The van der Waals surface area contributed by atoms with Gasteiger partial charge in [-0.15, -0.1) is 5.10 Å². The number of rotatable bonds is 4. The highest BCUT2D eigenvalue weighted by molar-refractivity contribution is 5.22. The molecular weight excluding hydrogens is 252 g/mol. The maximum Gasteiger partial charge on any atom is 0.236 e. The van der Waals surface area contributed by atoms with Crippen molar-refractivity contribution in [3.63, 3.8) is 0 Å². The largest absolute Gasteiger partial charge is 0.470 e. The van der Waals surface area contributed by atoms with E-state index in [0.29, 0.717) is 5.88 Å². The van der Waals surface area contributed by atoms with Crippen molar-refractivity contribution in [1.82, 2.24) is 10.2 Å². The van der Waals surface area contributed by atoms with E-state index in [-0.39, 0.29) is 13.0 Å². The zero-order chi connectivity index (χ0) is 14.0. The molecule has 1 aromatic rings. The summed E-state index contributed by atoms with van der Waals surface area (Å²) in [7, 11) is 0. The molecule has 0 amide bonds. The molecule has 2 rings (SSSR count). The summed E-state index contributed by atoms with van der Waals surface area (Å²) >= 11 is 0. The smallest absolute Gasteiger partial charge is 0.236 e. The quantitative estimate of drug-likeness (QED) is 0.470. The van der Waals surface area contributed by atoms with Crippen molar-refractivity contribution >= 4 is 0 Å². The lowest BCUT2D eigenvalue weighted by atomic mass is 9.81. The summed E-state index contributed by atoms with van der Waals surface area (Å²) in [4.78, 5) is 0. The van der Waals surface area contributed by atoms with E-state index in [0.717, 1.165) is 12.0 Å². The lowest BCUT2D eigenvalue weighted by Crippen LogP contribution is -2.56. The molecule has 7 heteroatoms. The summed E-state index contributed by atoms with van der Waals surface area (Å²) in [5.74, 6) is -0.140. The molecule has 1 heterocycles. The van der Waals surface area contributed by atoms with Gasteiger partial charge in [0.2, 0.25) is 5.88 Å². The summed E-state index contributed by atoms with van der Waals surface area (Å²) < 4.78 is 5.61. The Morgan fingerprint density at radius 2 is 2.05 bits per heavy atom. The third-order valence-corrected chi connectivity index (χ3v) is 3.66. The van der Waals surface area contributed by atoms with Crippen LogP contribution >= 0.6 is 0 Å². The highest BCUT2D eigenvalue weighted by Gasteiger charge is 2.43. The first-order valence-electron chi connectivity index (χ1n) is 6.42. The van der Waals surface area contributed by atoms with Gasteiger partial charge >= 0.3 is 0 Å². The minimum Gasteiger partial charge on any atom is -0.470 e. The fraction of sp³-hybridized carbons (Fsp3) is 0.750. The SMILES string of the molecule is CCc1c[nH]nc1O[C@@H]1C[C@H](CO)[C@@H](O)[C@H](O)[C@H]1O. The molecule has 1 aliphatic carbocycles. The second-order valence-corrected chi connectivity index (χ2v) is 4.88. The molecule has 0 aliphatic heterocycles. The molecule has 0 bridgehead atoms. The first-order chi connectivity index (χ1) is 9.08. The number of aryl methyl sites for hydroxylation is 1. The Morgan fingerprint density at radius 3 is 2.68 bits per heavy atom. The van der Waals surface area contributed by atoms with Crippen LogP contribution in [-0.4, -0.2) is 61.6 Å². The lowest BCUT2D eigenvalue weighted by molar-refractivity contribution is -0.157. The topological polar surface area (TPSA) is 119 Å². The Balaban J connectivity index is 2.11. The molecule has 5 N–H and O–H groups in total. The van der Waals surface area contributed by atoms with Crippen LogP contribution in [0.2, 0.25) is 0 Å². The van der Waals surface area contributed by atoms with E-state index in [1.165, 1.54) is 0 Å². The zero-order valence-corrected chi connectivity index (χ0v) is 10.7. The van der Waals surface area contributed by atoms with Crippen LogP contribution in [0.5, 0.6) is 5.88 Å². The molecule has 19 heavy (non-hydrogen) atoms. The number of aromatic amines is 1. The minimum absolute atomic E-state index is 0.256. The number of hydrogen-bond acceptors (Lipinski definition) is 6. The fourth-order valence-corrected chi connectivity index (χ4v) is 2.38. The number of aliphatic hydroxyl groups is 4. The van der Waals surface area contributed by atoms with Crippen molar-refractivity contribution in [2.45, 2.75) is 44.2 Å². The Bertz CT molecular complexity index is 409. The molecule has 1 fully saturated rings. The van der Waals surface area contributed by atoms with Gasteiger partial charge in [0.05, 0.1) is 6.10 Å². The molecule has 7 nitrogen and oxygen atoms in total. The van der Waals surface area contributed by atoms with Gasteiger partial charge in [-0.3, -0.25) is 5.10 Å². The van der Waals surface area contributed by atoms with E-state index in [4.69, 9.17) is 4.74 Å². The lowest BCUT2D eigenvalue weighted by Gasteiger charge is -2.39. The van der Waals surface area contributed by atoms with Gasteiger partial charge in [0.25, 0.3) is 0 Å². The number of hydrogen-bond donors (Lipinski definition) is 5. The molecule has 1 aromatic heterocycles. The molecule has 0 spiro atoms. The van der Waals surface area contributed by atoms with Crippen molar-refractivity contribution in [1.29, 1.82) is 0 Å². The Hall–Kier alpha value is -1.15.